The average molecular weight is 401 g/mol. The summed E-state index contributed by atoms with van der Waals surface area (Å²) in [5.41, 5.74) is 1.35. The Morgan fingerprint density at radius 2 is 2.27 bits per heavy atom. The molecular formula is C18H28N2O4S2. The summed E-state index contributed by atoms with van der Waals surface area (Å²) in [6, 6.07) is 2.23. The SMILES string of the molecule is CCC1c2ccsc2CCN1CC(=O)N(CCOC)C1CCS(=O)(=O)C1. The van der Waals surface area contributed by atoms with Crippen molar-refractivity contribution >= 4 is 27.1 Å². The van der Waals surface area contributed by atoms with E-state index in [0.29, 0.717) is 26.1 Å². The van der Waals surface area contributed by atoms with Crippen LogP contribution in [0.2, 0.25) is 0 Å². The number of sulfone groups is 1. The molecule has 6 nitrogen and oxygen atoms in total. The Morgan fingerprint density at radius 1 is 1.46 bits per heavy atom. The smallest absolute Gasteiger partial charge is 0.237 e. The standard InChI is InChI=1S/C18H28N2O4S2/c1-3-16-15-5-10-25-17(15)4-7-19(16)12-18(21)20(8-9-24-2)14-6-11-26(22,23)13-14/h5,10,14,16H,3-4,6-9,11-13H2,1-2H3. The summed E-state index contributed by atoms with van der Waals surface area (Å²) in [4.78, 5) is 18.5. The van der Waals surface area contributed by atoms with Crippen molar-refractivity contribution in [1.29, 1.82) is 0 Å². The van der Waals surface area contributed by atoms with Gasteiger partial charge in [-0.3, -0.25) is 9.69 Å². The van der Waals surface area contributed by atoms with Gasteiger partial charge in [0, 0.05) is 37.2 Å². The number of nitrogens with zero attached hydrogens (tertiary/aromatic N) is 2. The second-order valence-corrected chi connectivity index (χ2v) is 10.3. The van der Waals surface area contributed by atoms with Crippen LogP contribution in [0.25, 0.3) is 0 Å². The van der Waals surface area contributed by atoms with E-state index in [4.69, 9.17) is 4.74 Å². The molecule has 1 aromatic heterocycles. The zero-order valence-electron chi connectivity index (χ0n) is 15.5. The summed E-state index contributed by atoms with van der Waals surface area (Å²) in [6.07, 6.45) is 2.48. The van der Waals surface area contributed by atoms with Crippen molar-refractivity contribution in [3.05, 3.63) is 21.9 Å². The first-order valence-corrected chi connectivity index (χ1v) is 11.9. The van der Waals surface area contributed by atoms with Gasteiger partial charge >= 0.3 is 0 Å². The number of hydrogen-bond acceptors (Lipinski definition) is 6. The number of methoxy groups -OCH3 is 1. The fourth-order valence-electron chi connectivity index (χ4n) is 4.10. The largest absolute Gasteiger partial charge is 0.383 e. The van der Waals surface area contributed by atoms with Gasteiger partial charge in [0.25, 0.3) is 0 Å². The Bertz CT molecular complexity index is 731. The number of rotatable bonds is 7. The van der Waals surface area contributed by atoms with Crippen LogP contribution in [0.3, 0.4) is 0 Å². The summed E-state index contributed by atoms with van der Waals surface area (Å²) in [5.74, 6) is 0.267. The van der Waals surface area contributed by atoms with E-state index >= 15 is 0 Å². The lowest BCUT2D eigenvalue weighted by atomic mass is 9.98. The minimum atomic E-state index is -3.03. The van der Waals surface area contributed by atoms with Crippen LogP contribution in [0.15, 0.2) is 11.4 Å². The topological polar surface area (TPSA) is 66.9 Å². The van der Waals surface area contributed by atoms with Crippen molar-refractivity contribution in [3.63, 3.8) is 0 Å². The highest BCUT2D eigenvalue weighted by molar-refractivity contribution is 7.91. The minimum Gasteiger partial charge on any atom is -0.383 e. The first kappa shape index (κ1) is 19.8. The molecule has 3 heterocycles. The van der Waals surface area contributed by atoms with E-state index < -0.39 is 9.84 Å². The molecule has 2 atom stereocenters. The summed E-state index contributed by atoms with van der Waals surface area (Å²) in [6.45, 7) is 4.24. The van der Waals surface area contributed by atoms with E-state index in [2.05, 4.69) is 23.3 Å². The van der Waals surface area contributed by atoms with E-state index in [1.54, 1.807) is 23.3 Å². The van der Waals surface area contributed by atoms with Gasteiger partial charge in [-0.15, -0.1) is 11.3 Å². The Balaban J connectivity index is 1.71. The molecule has 0 saturated carbocycles. The number of hydrogen-bond donors (Lipinski definition) is 0. The molecule has 8 heteroatoms. The van der Waals surface area contributed by atoms with Gasteiger partial charge in [-0.2, -0.15) is 0 Å². The number of fused-ring (bicyclic) bond motifs is 1. The first-order valence-electron chi connectivity index (χ1n) is 9.24. The van der Waals surface area contributed by atoms with Gasteiger partial charge in [-0.25, -0.2) is 8.42 Å². The predicted octanol–water partition coefficient (Wildman–Crippen LogP) is 1.72. The van der Waals surface area contributed by atoms with Crippen LogP contribution in [0, 0.1) is 0 Å². The van der Waals surface area contributed by atoms with Gasteiger partial charge in [-0.1, -0.05) is 6.92 Å². The number of thiophene rings is 1. The van der Waals surface area contributed by atoms with Crippen LogP contribution in [-0.4, -0.2) is 75.0 Å². The highest BCUT2D eigenvalue weighted by Crippen LogP contribution is 2.35. The lowest BCUT2D eigenvalue weighted by molar-refractivity contribution is -0.135. The lowest BCUT2D eigenvalue weighted by Gasteiger charge is -2.37. The molecule has 146 valence electrons. The fourth-order valence-corrected chi connectivity index (χ4v) is 6.76. The molecule has 1 saturated heterocycles. The van der Waals surface area contributed by atoms with Crippen LogP contribution >= 0.6 is 11.3 Å². The third-order valence-corrected chi connectivity index (χ3v) is 8.18. The van der Waals surface area contributed by atoms with E-state index in [-0.39, 0.29) is 29.5 Å². The zero-order chi connectivity index (χ0) is 18.7. The Labute approximate surface area is 160 Å². The van der Waals surface area contributed by atoms with Gasteiger partial charge in [0.05, 0.1) is 24.7 Å². The maximum absolute atomic E-state index is 13.1. The molecule has 0 radical (unpaired) electrons. The summed E-state index contributed by atoms with van der Waals surface area (Å²) < 4.78 is 28.9. The molecule has 0 aliphatic carbocycles. The van der Waals surface area contributed by atoms with Gasteiger partial charge in [-0.05, 0) is 36.3 Å². The second kappa shape index (κ2) is 8.37. The van der Waals surface area contributed by atoms with Gasteiger partial charge < -0.3 is 9.64 Å². The Morgan fingerprint density at radius 3 is 2.92 bits per heavy atom. The second-order valence-electron chi connectivity index (χ2n) is 7.08. The zero-order valence-corrected chi connectivity index (χ0v) is 17.2. The number of ether oxygens (including phenoxy) is 1. The van der Waals surface area contributed by atoms with Crippen LogP contribution in [0.5, 0.6) is 0 Å². The maximum Gasteiger partial charge on any atom is 0.237 e. The molecule has 2 unspecified atom stereocenters. The van der Waals surface area contributed by atoms with Crippen molar-refractivity contribution in [3.8, 4) is 0 Å². The van der Waals surface area contributed by atoms with Crippen molar-refractivity contribution < 1.29 is 17.9 Å². The normalized spacial score (nSPS) is 25.2. The molecule has 2 aliphatic heterocycles. The molecule has 0 bridgehead atoms. The van der Waals surface area contributed by atoms with Gasteiger partial charge in [0.15, 0.2) is 9.84 Å². The molecule has 26 heavy (non-hydrogen) atoms. The van der Waals surface area contributed by atoms with Crippen molar-refractivity contribution in [2.45, 2.75) is 38.3 Å². The average Bonchev–Trinajstić information content (AvgIpc) is 3.21. The van der Waals surface area contributed by atoms with Crippen molar-refractivity contribution in [2.24, 2.45) is 0 Å². The molecule has 1 fully saturated rings. The van der Waals surface area contributed by atoms with Crippen LogP contribution in [-0.2, 0) is 25.8 Å². The first-order chi connectivity index (χ1) is 12.4. The van der Waals surface area contributed by atoms with Crippen LogP contribution < -0.4 is 0 Å². The number of carbonyl (C=O) groups is 1. The molecule has 2 aliphatic rings. The molecule has 0 spiro atoms. The van der Waals surface area contributed by atoms with Gasteiger partial charge in [0.2, 0.25) is 5.91 Å². The van der Waals surface area contributed by atoms with Crippen molar-refractivity contribution in [2.75, 3.05) is 44.9 Å². The van der Waals surface area contributed by atoms with Crippen molar-refractivity contribution in [1.82, 2.24) is 9.80 Å². The van der Waals surface area contributed by atoms with E-state index in [1.165, 1.54) is 10.4 Å². The highest BCUT2D eigenvalue weighted by atomic mass is 32.2. The molecule has 0 N–H and O–H groups in total. The molecular weight excluding hydrogens is 372 g/mol. The molecule has 1 amide bonds. The molecule has 0 aromatic carbocycles. The van der Waals surface area contributed by atoms with Crippen LogP contribution in [0.1, 0.15) is 36.2 Å². The van der Waals surface area contributed by atoms with E-state index in [9.17, 15) is 13.2 Å². The fraction of sp³-hybridized carbons (Fsp3) is 0.722. The quantitative estimate of drug-likeness (QED) is 0.697. The summed E-state index contributed by atoms with van der Waals surface area (Å²) in [5, 5.41) is 2.13. The molecule has 1 aromatic rings. The van der Waals surface area contributed by atoms with Crippen LogP contribution in [0.4, 0.5) is 0 Å². The maximum atomic E-state index is 13.1. The number of amides is 1. The van der Waals surface area contributed by atoms with E-state index in [1.807, 2.05) is 0 Å². The third kappa shape index (κ3) is 4.30. The summed E-state index contributed by atoms with van der Waals surface area (Å²) >= 11 is 1.80. The third-order valence-electron chi connectivity index (χ3n) is 5.44. The monoisotopic (exact) mass is 400 g/mol. The van der Waals surface area contributed by atoms with E-state index in [0.717, 1.165) is 19.4 Å². The Kier molecular flexibility index (Phi) is 6.37. The molecule has 3 rings (SSSR count). The lowest BCUT2D eigenvalue weighted by Crippen LogP contribution is -2.49. The highest BCUT2D eigenvalue weighted by Gasteiger charge is 2.36. The summed E-state index contributed by atoms with van der Waals surface area (Å²) in [7, 11) is -1.43. The predicted molar refractivity (Wildman–Crippen MR) is 103 cm³/mol. The minimum absolute atomic E-state index is 0.0151. The van der Waals surface area contributed by atoms with Gasteiger partial charge in [0.1, 0.15) is 0 Å². The Hall–Kier alpha value is -0.960. The number of carbonyl (C=O) groups excluding carboxylic acids is 1.